The fourth-order valence-corrected chi connectivity index (χ4v) is 1.70. The van der Waals surface area contributed by atoms with Gasteiger partial charge in [-0.15, -0.1) is 0 Å². The molecule has 2 atom stereocenters. The van der Waals surface area contributed by atoms with Gasteiger partial charge in [0.25, 0.3) is 0 Å². The molecule has 0 aromatic heterocycles. The molecule has 0 saturated carbocycles. The molecule has 0 spiro atoms. The average Bonchev–Trinajstić information content (AvgIpc) is 2.00. The van der Waals surface area contributed by atoms with Crippen molar-refractivity contribution >= 4 is 11.6 Å². The van der Waals surface area contributed by atoms with Crippen LogP contribution in [0.1, 0.15) is 47.0 Å². The quantitative estimate of drug-likeness (QED) is 0.629. The lowest BCUT2D eigenvalue weighted by molar-refractivity contribution is -0.118. The smallest absolute Gasteiger partial charge is 0.130 e. The van der Waals surface area contributed by atoms with Crippen LogP contribution >= 0.6 is 0 Å². The molecular formula is C12H21O2. The third-order valence-electron chi connectivity index (χ3n) is 2.28. The molecule has 0 fully saturated rings. The average molecular weight is 197 g/mol. The van der Waals surface area contributed by atoms with Crippen molar-refractivity contribution in [1.82, 2.24) is 0 Å². The Kier molecular flexibility index (Phi) is 6.43. The molecule has 0 bridgehead atoms. The minimum Gasteiger partial charge on any atom is -0.300 e. The summed E-state index contributed by atoms with van der Waals surface area (Å²) in [7, 11) is 0. The first-order valence-electron chi connectivity index (χ1n) is 5.29. The van der Waals surface area contributed by atoms with Crippen molar-refractivity contribution in [2.75, 3.05) is 0 Å². The number of Topliss-reactive ketones (excluding diaryl/α,β-unsaturated/α-hetero) is 2. The highest BCUT2D eigenvalue weighted by molar-refractivity contribution is 5.76. The summed E-state index contributed by atoms with van der Waals surface area (Å²) in [6.45, 7) is 7.33. The van der Waals surface area contributed by atoms with Gasteiger partial charge in [0.1, 0.15) is 11.6 Å². The molecule has 2 unspecified atom stereocenters. The number of rotatable bonds is 7. The van der Waals surface area contributed by atoms with Gasteiger partial charge in [-0.05, 0) is 32.1 Å². The molecule has 1 radical (unpaired) electrons. The molecule has 0 heterocycles. The lowest BCUT2D eigenvalue weighted by atomic mass is 9.88. The largest absolute Gasteiger partial charge is 0.300 e. The highest BCUT2D eigenvalue weighted by atomic mass is 16.1. The predicted molar refractivity (Wildman–Crippen MR) is 57.8 cm³/mol. The fourth-order valence-electron chi connectivity index (χ4n) is 1.70. The van der Waals surface area contributed by atoms with Gasteiger partial charge in [-0.25, -0.2) is 0 Å². The van der Waals surface area contributed by atoms with Gasteiger partial charge in [0.15, 0.2) is 0 Å². The van der Waals surface area contributed by atoms with Crippen LogP contribution < -0.4 is 0 Å². The van der Waals surface area contributed by atoms with Crippen molar-refractivity contribution in [2.24, 2.45) is 11.8 Å². The van der Waals surface area contributed by atoms with E-state index in [1.165, 1.54) is 0 Å². The maximum atomic E-state index is 10.9. The van der Waals surface area contributed by atoms with Crippen molar-refractivity contribution in [2.45, 2.75) is 47.0 Å². The summed E-state index contributed by atoms with van der Waals surface area (Å²) in [6.07, 6.45) is 4.32. The van der Waals surface area contributed by atoms with Gasteiger partial charge in [0.05, 0.1) is 0 Å². The summed E-state index contributed by atoms with van der Waals surface area (Å²) < 4.78 is 0. The molecule has 0 N–H and O–H groups in total. The molecule has 0 aliphatic rings. The van der Waals surface area contributed by atoms with Crippen molar-refractivity contribution in [3.8, 4) is 0 Å². The van der Waals surface area contributed by atoms with E-state index in [1.54, 1.807) is 13.8 Å². The zero-order valence-corrected chi connectivity index (χ0v) is 9.67. The lowest BCUT2D eigenvalue weighted by Crippen LogP contribution is -2.12. The summed E-state index contributed by atoms with van der Waals surface area (Å²) >= 11 is 0. The Morgan fingerprint density at radius 3 is 2.00 bits per heavy atom. The van der Waals surface area contributed by atoms with Crippen LogP contribution in [0.15, 0.2) is 0 Å². The molecule has 0 saturated heterocycles. The van der Waals surface area contributed by atoms with Crippen molar-refractivity contribution in [3.63, 3.8) is 0 Å². The monoisotopic (exact) mass is 197 g/mol. The van der Waals surface area contributed by atoms with E-state index in [4.69, 9.17) is 0 Å². The predicted octanol–water partition coefficient (Wildman–Crippen LogP) is 2.81. The van der Waals surface area contributed by atoms with E-state index in [0.717, 1.165) is 6.42 Å². The van der Waals surface area contributed by atoms with E-state index >= 15 is 0 Å². The van der Waals surface area contributed by atoms with Crippen LogP contribution in [0.5, 0.6) is 0 Å². The first kappa shape index (κ1) is 13.3. The lowest BCUT2D eigenvalue weighted by Gasteiger charge is -2.17. The normalized spacial score (nSPS) is 14.9. The van der Waals surface area contributed by atoms with Crippen LogP contribution in [0.25, 0.3) is 0 Å². The zero-order valence-electron chi connectivity index (χ0n) is 9.67. The van der Waals surface area contributed by atoms with Crippen LogP contribution in [-0.2, 0) is 9.59 Å². The van der Waals surface area contributed by atoms with Crippen LogP contribution in [0.4, 0.5) is 0 Å². The molecule has 2 heteroatoms. The number of hydrogen-bond acceptors (Lipinski definition) is 2. The van der Waals surface area contributed by atoms with Gasteiger partial charge in [0.2, 0.25) is 0 Å². The van der Waals surface area contributed by atoms with E-state index in [1.807, 2.05) is 6.92 Å². The Morgan fingerprint density at radius 1 is 1.14 bits per heavy atom. The van der Waals surface area contributed by atoms with Crippen LogP contribution in [0.2, 0.25) is 0 Å². The number of hydrogen-bond donors (Lipinski definition) is 0. The second-order valence-electron chi connectivity index (χ2n) is 4.15. The maximum Gasteiger partial charge on any atom is 0.130 e. The molecule has 81 valence electrons. The second-order valence-corrected chi connectivity index (χ2v) is 4.15. The van der Waals surface area contributed by atoms with Gasteiger partial charge in [-0.3, -0.25) is 0 Å². The summed E-state index contributed by atoms with van der Waals surface area (Å²) in [5, 5.41) is 0. The van der Waals surface area contributed by atoms with E-state index in [-0.39, 0.29) is 17.5 Å². The summed E-state index contributed by atoms with van der Waals surface area (Å²) in [5.41, 5.74) is 0. The number of carbonyl (C=O) groups excluding carboxylic acids is 2. The maximum absolute atomic E-state index is 10.9. The van der Waals surface area contributed by atoms with E-state index in [2.05, 4.69) is 13.3 Å². The summed E-state index contributed by atoms with van der Waals surface area (Å²) in [4.78, 5) is 21.8. The molecule has 0 rings (SSSR count). The third kappa shape index (κ3) is 6.81. The number of carbonyl (C=O) groups is 2. The Labute approximate surface area is 87.1 Å². The first-order chi connectivity index (χ1) is 6.45. The topological polar surface area (TPSA) is 34.1 Å². The molecule has 0 amide bonds. The van der Waals surface area contributed by atoms with Gasteiger partial charge < -0.3 is 9.59 Å². The van der Waals surface area contributed by atoms with E-state index in [9.17, 15) is 9.59 Å². The SMILES string of the molecule is CCC([CH]C(C)CC(C)=O)CC(C)=O. The van der Waals surface area contributed by atoms with Crippen LogP contribution in [0.3, 0.4) is 0 Å². The molecular weight excluding hydrogens is 176 g/mol. The van der Waals surface area contributed by atoms with Crippen molar-refractivity contribution in [1.29, 1.82) is 0 Å². The molecule has 2 nitrogen and oxygen atoms in total. The first-order valence-corrected chi connectivity index (χ1v) is 5.29. The van der Waals surface area contributed by atoms with Crippen LogP contribution in [0, 0.1) is 18.3 Å². The number of ketones is 2. The Hall–Kier alpha value is -0.660. The molecule has 0 aliphatic carbocycles. The minimum atomic E-state index is 0.214. The molecule has 0 aliphatic heterocycles. The standard InChI is InChI=1S/C12H21O2/c1-5-12(8-11(4)14)7-9(2)6-10(3)13/h7,9,12H,5-6,8H2,1-4H3. The Balaban J connectivity index is 3.91. The Morgan fingerprint density at radius 2 is 1.64 bits per heavy atom. The van der Waals surface area contributed by atoms with Crippen LogP contribution in [-0.4, -0.2) is 11.6 Å². The highest BCUT2D eigenvalue weighted by Crippen LogP contribution is 2.20. The molecule has 0 aromatic carbocycles. The van der Waals surface area contributed by atoms with Gasteiger partial charge in [-0.2, -0.15) is 0 Å². The third-order valence-corrected chi connectivity index (χ3v) is 2.28. The minimum absolute atomic E-state index is 0.214. The summed E-state index contributed by atoms with van der Waals surface area (Å²) in [6, 6.07) is 0. The molecule has 0 aromatic rings. The van der Waals surface area contributed by atoms with Gasteiger partial charge >= 0.3 is 0 Å². The fraction of sp³-hybridized carbons (Fsp3) is 0.750. The van der Waals surface area contributed by atoms with E-state index in [0.29, 0.717) is 18.8 Å². The molecule has 14 heavy (non-hydrogen) atoms. The van der Waals surface area contributed by atoms with Crippen molar-refractivity contribution in [3.05, 3.63) is 6.42 Å². The Bertz CT molecular complexity index is 196. The van der Waals surface area contributed by atoms with Gasteiger partial charge in [0, 0.05) is 12.8 Å². The van der Waals surface area contributed by atoms with Crippen molar-refractivity contribution < 1.29 is 9.59 Å². The van der Waals surface area contributed by atoms with E-state index < -0.39 is 0 Å². The highest BCUT2D eigenvalue weighted by Gasteiger charge is 2.14. The zero-order chi connectivity index (χ0) is 11.1. The summed E-state index contributed by atoms with van der Waals surface area (Å²) in [5.74, 6) is 1.06. The second kappa shape index (κ2) is 6.74. The van der Waals surface area contributed by atoms with Gasteiger partial charge in [-0.1, -0.05) is 20.3 Å².